The van der Waals surface area contributed by atoms with Gasteiger partial charge in [-0.2, -0.15) is 5.10 Å². The number of fused-ring (bicyclic) bond motifs is 2. The zero-order valence-electron chi connectivity index (χ0n) is 21.3. The molecule has 3 heterocycles. The van der Waals surface area contributed by atoms with Crippen molar-refractivity contribution >= 4 is 50.7 Å². The lowest BCUT2D eigenvalue weighted by Crippen LogP contribution is -2.39. The van der Waals surface area contributed by atoms with E-state index in [0.29, 0.717) is 42.5 Å². The molecule has 0 spiro atoms. The Bertz CT molecular complexity index is 1500. The van der Waals surface area contributed by atoms with E-state index < -0.39 is 5.60 Å². The molecule has 0 radical (unpaired) electrons. The highest BCUT2D eigenvalue weighted by Gasteiger charge is 2.26. The number of halogens is 1. The maximum Gasteiger partial charge on any atom is 0.410 e. The fraction of sp³-hybridized carbons (Fsp3) is 0.321. The zero-order chi connectivity index (χ0) is 26.3. The number of ether oxygens (including phenoxy) is 1. The molecule has 2 amide bonds. The van der Waals surface area contributed by atoms with Crippen LogP contribution in [0.4, 0.5) is 10.5 Å². The Morgan fingerprint density at radius 3 is 2.73 bits per heavy atom. The molecule has 0 atom stereocenters. The van der Waals surface area contributed by atoms with Crippen LogP contribution in [0.1, 0.15) is 53.6 Å². The second-order valence-electron chi connectivity index (χ2n) is 10.3. The molecule has 0 saturated heterocycles. The first kappa shape index (κ1) is 25.3. The Hall–Kier alpha value is -3.36. The Morgan fingerprint density at radius 1 is 1.14 bits per heavy atom. The topological polar surface area (TPSA) is 76.5 Å². The van der Waals surface area contributed by atoms with Gasteiger partial charge in [0.25, 0.3) is 5.91 Å². The molecule has 0 aliphatic carbocycles. The number of nitrogens with zero attached hydrogens (tertiary/aromatic N) is 3. The summed E-state index contributed by atoms with van der Waals surface area (Å²) in [6.07, 6.45) is 0.394. The summed E-state index contributed by atoms with van der Waals surface area (Å²) in [5, 5.41) is 11.5. The van der Waals surface area contributed by atoms with Crippen molar-refractivity contribution in [2.24, 2.45) is 0 Å². The number of benzene rings is 2. The van der Waals surface area contributed by atoms with Crippen LogP contribution in [0.5, 0.6) is 0 Å². The number of aryl methyl sites for hydroxylation is 1. The molecular formula is C28H29ClN4O3S. The van der Waals surface area contributed by atoms with E-state index in [-0.39, 0.29) is 12.0 Å². The lowest BCUT2D eigenvalue weighted by molar-refractivity contribution is 0.0224. The van der Waals surface area contributed by atoms with E-state index in [2.05, 4.69) is 15.8 Å². The van der Waals surface area contributed by atoms with E-state index in [0.717, 1.165) is 27.8 Å². The number of anilines is 1. The number of hydrogen-bond acceptors (Lipinski definition) is 5. The predicted octanol–water partition coefficient (Wildman–Crippen LogP) is 6.65. The molecule has 7 nitrogen and oxygen atoms in total. The third-order valence-corrected chi connectivity index (χ3v) is 7.53. The molecule has 0 bridgehead atoms. The van der Waals surface area contributed by atoms with Gasteiger partial charge < -0.3 is 15.0 Å². The van der Waals surface area contributed by atoms with Gasteiger partial charge in [0.2, 0.25) is 0 Å². The van der Waals surface area contributed by atoms with Gasteiger partial charge in [-0.15, -0.1) is 11.3 Å². The first-order chi connectivity index (χ1) is 17.6. The number of aromatic nitrogens is 2. The van der Waals surface area contributed by atoms with Gasteiger partial charge in [-0.1, -0.05) is 17.7 Å². The van der Waals surface area contributed by atoms with Gasteiger partial charge in [0, 0.05) is 34.2 Å². The highest BCUT2D eigenvalue weighted by atomic mass is 35.5. The summed E-state index contributed by atoms with van der Waals surface area (Å²) in [5.41, 5.74) is 4.74. The predicted molar refractivity (Wildman–Crippen MR) is 148 cm³/mol. The maximum atomic E-state index is 13.0. The standard InChI is InChI=1S/C28H29ClN4O3S/c1-17-11-24(31-33(17)15-20-16-37-25-8-6-21(29)13-23(20)25)26(34)30-22-7-5-19-14-32(10-9-18(19)12-22)27(35)36-28(2,3)4/h5-8,11-13,16H,9-10,14-15H2,1-4H3,(H,30,34). The fourth-order valence-corrected chi connectivity index (χ4v) is 5.53. The van der Waals surface area contributed by atoms with Crippen LogP contribution in [0.2, 0.25) is 5.02 Å². The molecule has 5 rings (SSSR count). The minimum absolute atomic E-state index is 0.258. The third kappa shape index (κ3) is 5.65. The summed E-state index contributed by atoms with van der Waals surface area (Å²) < 4.78 is 8.52. The molecule has 4 aromatic rings. The van der Waals surface area contributed by atoms with Gasteiger partial charge in [-0.25, -0.2) is 4.79 Å². The van der Waals surface area contributed by atoms with Crippen molar-refractivity contribution in [1.82, 2.24) is 14.7 Å². The van der Waals surface area contributed by atoms with Crippen LogP contribution in [-0.2, 0) is 24.2 Å². The molecule has 0 unspecified atom stereocenters. The highest BCUT2D eigenvalue weighted by Crippen LogP contribution is 2.29. The fourth-order valence-electron chi connectivity index (χ4n) is 4.43. The highest BCUT2D eigenvalue weighted by molar-refractivity contribution is 7.17. The second kappa shape index (κ2) is 9.84. The Balaban J connectivity index is 1.26. The quantitative estimate of drug-likeness (QED) is 0.316. The average molecular weight is 537 g/mol. The van der Waals surface area contributed by atoms with Gasteiger partial charge in [-0.05, 0) is 98.0 Å². The number of hydrogen-bond donors (Lipinski definition) is 1. The number of carbonyl (C=O) groups is 2. The molecule has 1 aliphatic rings. The molecule has 0 saturated carbocycles. The zero-order valence-corrected chi connectivity index (χ0v) is 22.9. The van der Waals surface area contributed by atoms with Crippen LogP contribution in [0, 0.1) is 6.92 Å². The maximum absolute atomic E-state index is 13.0. The van der Waals surface area contributed by atoms with Crippen LogP contribution >= 0.6 is 22.9 Å². The smallest absolute Gasteiger partial charge is 0.410 e. The van der Waals surface area contributed by atoms with Crippen molar-refractivity contribution in [3.63, 3.8) is 0 Å². The normalized spacial score (nSPS) is 13.5. The number of nitrogens with one attached hydrogen (secondary N) is 1. The number of rotatable bonds is 4. The van der Waals surface area contributed by atoms with E-state index >= 15 is 0 Å². The van der Waals surface area contributed by atoms with Gasteiger partial charge in [-0.3, -0.25) is 9.48 Å². The van der Waals surface area contributed by atoms with E-state index in [1.54, 1.807) is 22.3 Å². The molecule has 192 valence electrons. The van der Waals surface area contributed by atoms with Crippen molar-refractivity contribution in [1.29, 1.82) is 0 Å². The SMILES string of the molecule is Cc1cc(C(=O)Nc2ccc3c(c2)CCN(C(=O)OC(C)(C)C)C3)nn1Cc1csc2ccc(Cl)cc12. The monoisotopic (exact) mass is 536 g/mol. The van der Waals surface area contributed by atoms with Crippen molar-refractivity contribution < 1.29 is 14.3 Å². The van der Waals surface area contributed by atoms with Crippen LogP contribution in [0.3, 0.4) is 0 Å². The Labute approximate surface area is 225 Å². The van der Waals surface area contributed by atoms with Crippen LogP contribution in [0.25, 0.3) is 10.1 Å². The minimum atomic E-state index is -0.526. The van der Waals surface area contributed by atoms with Crippen molar-refractivity contribution in [2.45, 2.75) is 52.8 Å². The lowest BCUT2D eigenvalue weighted by Gasteiger charge is -2.31. The second-order valence-corrected chi connectivity index (χ2v) is 11.7. The molecule has 2 aromatic heterocycles. The summed E-state index contributed by atoms with van der Waals surface area (Å²) in [5.74, 6) is -0.258. The average Bonchev–Trinajstić information content (AvgIpc) is 3.40. The van der Waals surface area contributed by atoms with Crippen molar-refractivity contribution in [3.8, 4) is 0 Å². The summed E-state index contributed by atoms with van der Waals surface area (Å²) in [6.45, 7) is 9.16. The summed E-state index contributed by atoms with van der Waals surface area (Å²) in [4.78, 5) is 27.2. The molecule has 9 heteroatoms. The third-order valence-electron chi connectivity index (χ3n) is 6.28. The molecule has 1 N–H and O–H groups in total. The van der Waals surface area contributed by atoms with E-state index in [1.807, 2.05) is 68.8 Å². The number of amides is 2. The van der Waals surface area contributed by atoms with Gasteiger partial charge in [0.05, 0.1) is 6.54 Å². The molecule has 2 aromatic carbocycles. The van der Waals surface area contributed by atoms with Gasteiger partial charge >= 0.3 is 6.09 Å². The van der Waals surface area contributed by atoms with Gasteiger partial charge in [0.1, 0.15) is 5.60 Å². The van der Waals surface area contributed by atoms with Crippen LogP contribution in [-0.4, -0.2) is 38.8 Å². The summed E-state index contributed by atoms with van der Waals surface area (Å²) in [7, 11) is 0. The largest absolute Gasteiger partial charge is 0.444 e. The Kier molecular flexibility index (Phi) is 6.72. The number of carbonyl (C=O) groups excluding carboxylic acids is 2. The van der Waals surface area contributed by atoms with E-state index in [4.69, 9.17) is 16.3 Å². The van der Waals surface area contributed by atoms with Crippen LogP contribution in [0.15, 0.2) is 47.8 Å². The Morgan fingerprint density at radius 2 is 1.95 bits per heavy atom. The van der Waals surface area contributed by atoms with E-state index in [9.17, 15) is 9.59 Å². The minimum Gasteiger partial charge on any atom is -0.444 e. The van der Waals surface area contributed by atoms with Crippen molar-refractivity contribution in [2.75, 3.05) is 11.9 Å². The van der Waals surface area contributed by atoms with Crippen LogP contribution < -0.4 is 5.32 Å². The summed E-state index contributed by atoms with van der Waals surface area (Å²) >= 11 is 7.87. The molecule has 1 aliphatic heterocycles. The van der Waals surface area contributed by atoms with Gasteiger partial charge in [0.15, 0.2) is 5.69 Å². The molecule has 37 heavy (non-hydrogen) atoms. The number of thiophene rings is 1. The molecular weight excluding hydrogens is 508 g/mol. The first-order valence-electron chi connectivity index (χ1n) is 12.2. The lowest BCUT2D eigenvalue weighted by atomic mass is 9.99. The van der Waals surface area contributed by atoms with Crippen molar-refractivity contribution in [3.05, 3.63) is 80.9 Å². The molecule has 0 fully saturated rings. The first-order valence-corrected chi connectivity index (χ1v) is 13.4. The summed E-state index contributed by atoms with van der Waals surface area (Å²) in [6, 6.07) is 13.5. The van der Waals surface area contributed by atoms with E-state index in [1.165, 1.54) is 4.70 Å².